The van der Waals surface area contributed by atoms with Gasteiger partial charge in [0, 0.05) is 30.5 Å². The predicted molar refractivity (Wildman–Crippen MR) is 91.7 cm³/mol. The van der Waals surface area contributed by atoms with Gasteiger partial charge in [-0.15, -0.1) is 0 Å². The van der Waals surface area contributed by atoms with Crippen molar-refractivity contribution in [1.82, 2.24) is 4.98 Å². The Kier molecular flexibility index (Phi) is 4.31. The van der Waals surface area contributed by atoms with E-state index in [0.29, 0.717) is 25.1 Å². The number of pyridine rings is 1. The molecule has 0 fully saturated rings. The van der Waals surface area contributed by atoms with Crippen LogP contribution in [0, 0.1) is 21.4 Å². The molecule has 0 spiro atoms. The van der Waals surface area contributed by atoms with E-state index in [2.05, 4.69) is 10.3 Å². The van der Waals surface area contributed by atoms with E-state index in [4.69, 9.17) is 5.26 Å². The fraction of sp³-hybridized carbons (Fsp3) is 0.235. The lowest BCUT2D eigenvalue weighted by atomic mass is 10.0. The second-order valence-electron chi connectivity index (χ2n) is 5.53. The first-order valence-corrected chi connectivity index (χ1v) is 7.79. The standard InChI is InChI=1S/C17H15N5O3/c1-2-21-14-5-4-13(9-11(14)3-6-15(21)23)20-17-16(22(24)25)12(10-18)7-8-19-17/h4-5,7-9H,2-3,6H2,1H3,(H,19,20). The first-order valence-electron chi connectivity index (χ1n) is 7.79. The van der Waals surface area contributed by atoms with Crippen molar-refractivity contribution in [2.75, 3.05) is 16.8 Å². The van der Waals surface area contributed by atoms with Crippen LogP contribution >= 0.6 is 0 Å². The number of nitrogens with one attached hydrogen (secondary N) is 1. The van der Waals surface area contributed by atoms with Crippen LogP contribution in [0.4, 0.5) is 22.9 Å². The predicted octanol–water partition coefficient (Wildman–Crippen LogP) is 2.90. The van der Waals surface area contributed by atoms with Crippen LogP contribution < -0.4 is 10.2 Å². The molecule has 3 rings (SSSR count). The van der Waals surface area contributed by atoms with Gasteiger partial charge >= 0.3 is 5.69 Å². The lowest BCUT2D eigenvalue weighted by molar-refractivity contribution is -0.384. The smallest absolute Gasteiger partial charge is 0.329 e. The van der Waals surface area contributed by atoms with Crippen LogP contribution in [0.3, 0.4) is 0 Å². The van der Waals surface area contributed by atoms with Crippen molar-refractivity contribution < 1.29 is 9.72 Å². The maximum Gasteiger partial charge on any atom is 0.329 e. The molecule has 0 unspecified atom stereocenters. The largest absolute Gasteiger partial charge is 0.334 e. The summed E-state index contributed by atoms with van der Waals surface area (Å²) in [5.41, 5.74) is 2.06. The van der Waals surface area contributed by atoms with Crippen molar-refractivity contribution in [3.05, 3.63) is 51.7 Å². The summed E-state index contributed by atoms with van der Waals surface area (Å²) in [6, 6.07) is 8.53. The van der Waals surface area contributed by atoms with E-state index in [1.165, 1.54) is 12.3 Å². The Morgan fingerprint density at radius 3 is 2.88 bits per heavy atom. The molecule has 0 radical (unpaired) electrons. The summed E-state index contributed by atoms with van der Waals surface area (Å²) in [6.07, 6.45) is 2.41. The van der Waals surface area contributed by atoms with Crippen molar-refractivity contribution in [3.63, 3.8) is 0 Å². The summed E-state index contributed by atoms with van der Waals surface area (Å²) in [5, 5.41) is 23.2. The van der Waals surface area contributed by atoms with Gasteiger partial charge in [-0.1, -0.05) is 0 Å². The van der Waals surface area contributed by atoms with Gasteiger partial charge in [0.15, 0.2) is 0 Å². The lowest BCUT2D eigenvalue weighted by Crippen LogP contribution is -2.34. The van der Waals surface area contributed by atoms with Crippen LogP contribution in [-0.4, -0.2) is 22.4 Å². The Labute approximate surface area is 143 Å². The molecule has 1 N–H and O–H groups in total. The number of carbonyl (C=O) groups is 1. The number of nitro groups is 1. The van der Waals surface area contributed by atoms with Crippen molar-refractivity contribution in [1.29, 1.82) is 5.26 Å². The molecule has 1 amide bonds. The van der Waals surface area contributed by atoms with Crippen LogP contribution in [0.1, 0.15) is 24.5 Å². The minimum absolute atomic E-state index is 0.0169. The number of aromatic nitrogens is 1. The van der Waals surface area contributed by atoms with Gasteiger partial charge in [-0.05, 0) is 43.2 Å². The summed E-state index contributed by atoms with van der Waals surface area (Å²) in [5.74, 6) is 0.109. The molecule has 2 heterocycles. The molecule has 1 aromatic heterocycles. The number of aryl methyl sites for hydroxylation is 1. The highest BCUT2D eigenvalue weighted by Crippen LogP contribution is 2.33. The number of amides is 1. The molecule has 8 nitrogen and oxygen atoms in total. The first kappa shape index (κ1) is 16.4. The van der Waals surface area contributed by atoms with Gasteiger partial charge in [-0.25, -0.2) is 4.98 Å². The SMILES string of the molecule is CCN1C(=O)CCc2cc(Nc3nccc(C#N)c3[N+](=O)[O-])ccc21. The van der Waals surface area contributed by atoms with Gasteiger partial charge < -0.3 is 10.2 Å². The van der Waals surface area contributed by atoms with Gasteiger partial charge in [0.25, 0.3) is 0 Å². The van der Waals surface area contributed by atoms with Crippen LogP contribution in [0.25, 0.3) is 0 Å². The number of nitrogens with zero attached hydrogens (tertiary/aromatic N) is 4. The van der Waals surface area contributed by atoms with Gasteiger partial charge in [-0.2, -0.15) is 5.26 Å². The minimum Gasteiger partial charge on any atom is -0.334 e. The zero-order valence-corrected chi connectivity index (χ0v) is 13.5. The van der Waals surface area contributed by atoms with E-state index in [1.54, 1.807) is 17.0 Å². The molecule has 0 aliphatic carbocycles. The molecule has 2 aromatic rings. The normalized spacial score (nSPS) is 13.1. The summed E-state index contributed by atoms with van der Waals surface area (Å²) in [4.78, 5) is 28.3. The third kappa shape index (κ3) is 2.99. The fourth-order valence-electron chi connectivity index (χ4n) is 2.94. The fourth-order valence-corrected chi connectivity index (χ4v) is 2.94. The number of hydrogen-bond donors (Lipinski definition) is 1. The second kappa shape index (κ2) is 6.57. The number of fused-ring (bicyclic) bond motifs is 1. The molecular formula is C17H15N5O3. The van der Waals surface area contributed by atoms with Crippen LogP contribution in [0.2, 0.25) is 0 Å². The van der Waals surface area contributed by atoms with Crippen molar-refractivity contribution >= 4 is 28.8 Å². The molecule has 25 heavy (non-hydrogen) atoms. The second-order valence-corrected chi connectivity index (χ2v) is 5.53. The van der Waals surface area contributed by atoms with E-state index in [-0.39, 0.29) is 23.0 Å². The minimum atomic E-state index is -0.621. The quantitative estimate of drug-likeness (QED) is 0.678. The van der Waals surface area contributed by atoms with E-state index in [0.717, 1.165) is 11.3 Å². The third-order valence-electron chi connectivity index (χ3n) is 4.09. The number of benzene rings is 1. The molecule has 0 bridgehead atoms. The van der Waals surface area contributed by atoms with Crippen LogP contribution in [-0.2, 0) is 11.2 Å². The van der Waals surface area contributed by atoms with Crippen molar-refractivity contribution in [2.45, 2.75) is 19.8 Å². The van der Waals surface area contributed by atoms with Crippen LogP contribution in [0.15, 0.2) is 30.5 Å². The maximum absolute atomic E-state index is 11.9. The van der Waals surface area contributed by atoms with E-state index in [9.17, 15) is 14.9 Å². The Bertz CT molecular complexity index is 904. The number of anilines is 3. The van der Waals surface area contributed by atoms with Gasteiger partial charge in [0.1, 0.15) is 11.6 Å². The molecule has 126 valence electrons. The summed E-state index contributed by atoms with van der Waals surface area (Å²) < 4.78 is 0. The summed E-state index contributed by atoms with van der Waals surface area (Å²) in [6.45, 7) is 2.51. The lowest BCUT2D eigenvalue weighted by Gasteiger charge is -2.28. The van der Waals surface area contributed by atoms with Crippen LogP contribution in [0.5, 0.6) is 0 Å². The zero-order valence-electron chi connectivity index (χ0n) is 13.5. The first-order chi connectivity index (χ1) is 12.0. The number of rotatable bonds is 4. The molecule has 0 saturated heterocycles. The highest BCUT2D eigenvalue weighted by molar-refractivity contribution is 5.96. The van der Waals surface area contributed by atoms with E-state index < -0.39 is 4.92 Å². The molecular weight excluding hydrogens is 322 g/mol. The zero-order chi connectivity index (χ0) is 18.0. The highest BCUT2D eigenvalue weighted by Gasteiger charge is 2.24. The molecule has 8 heteroatoms. The monoisotopic (exact) mass is 337 g/mol. The molecule has 0 atom stereocenters. The van der Waals surface area contributed by atoms with E-state index >= 15 is 0 Å². The van der Waals surface area contributed by atoms with Crippen molar-refractivity contribution in [3.8, 4) is 6.07 Å². The Morgan fingerprint density at radius 2 is 2.20 bits per heavy atom. The topological polar surface area (TPSA) is 112 Å². The van der Waals surface area contributed by atoms with Gasteiger partial charge in [0.05, 0.1) is 4.92 Å². The number of nitriles is 1. The maximum atomic E-state index is 11.9. The molecule has 1 aromatic carbocycles. The summed E-state index contributed by atoms with van der Waals surface area (Å²) in [7, 11) is 0. The number of carbonyl (C=O) groups excluding carboxylic acids is 1. The van der Waals surface area contributed by atoms with Crippen molar-refractivity contribution in [2.24, 2.45) is 0 Å². The molecule has 1 aliphatic heterocycles. The molecule has 1 aliphatic rings. The Morgan fingerprint density at radius 1 is 1.40 bits per heavy atom. The molecule has 0 saturated carbocycles. The Hall–Kier alpha value is -3.47. The number of hydrogen-bond acceptors (Lipinski definition) is 6. The van der Waals surface area contributed by atoms with E-state index in [1.807, 2.05) is 19.1 Å². The average molecular weight is 337 g/mol. The third-order valence-corrected chi connectivity index (χ3v) is 4.09. The van der Waals surface area contributed by atoms with Gasteiger partial charge in [-0.3, -0.25) is 14.9 Å². The summed E-state index contributed by atoms with van der Waals surface area (Å²) >= 11 is 0. The van der Waals surface area contributed by atoms with Gasteiger partial charge in [0.2, 0.25) is 11.7 Å². The highest BCUT2D eigenvalue weighted by atomic mass is 16.6. The Balaban J connectivity index is 1.97. The average Bonchev–Trinajstić information content (AvgIpc) is 2.61.